The van der Waals surface area contributed by atoms with Crippen molar-refractivity contribution in [2.75, 3.05) is 19.6 Å². The fourth-order valence-electron chi connectivity index (χ4n) is 4.03. The molecule has 6 heteroatoms. The standard InChI is InChI=1S/C25H48N2O4/c1-3-4-5-12-15-23(31-25(30)26-19-18-22(2)27-20-21-27)16-13-10-8-6-7-9-11-14-17-24(28)29/h22-23H,3-21H2,1-2H3,(H,26,30)(H,28,29). The predicted octanol–water partition coefficient (Wildman–Crippen LogP) is 6.13. The average molecular weight is 441 g/mol. The summed E-state index contributed by atoms with van der Waals surface area (Å²) < 4.78 is 5.77. The molecule has 31 heavy (non-hydrogen) atoms. The van der Waals surface area contributed by atoms with Gasteiger partial charge >= 0.3 is 12.1 Å². The lowest BCUT2D eigenvalue weighted by atomic mass is 10.0. The molecule has 0 spiro atoms. The summed E-state index contributed by atoms with van der Waals surface area (Å²) in [6, 6.07) is 0.544. The largest absolute Gasteiger partial charge is 0.481 e. The van der Waals surface area contributed by atoms with Gasteiger partial charge in [0, 0.05) is 32.1 Å². The number of carboxylic acid groups (broad SMARTS) is 1. The zero-order valence-electron chi connectivity index (χ0n) is 20.2. The van der Waals surface area contributed by atoms with E-state index in [-0.39, 0.29) is 12.2 Å². The number of unbranched alkanes of at least 4 members (excludes halogenated alkanes) is 10. The van der Waals surface area contributed by atoms with E-state index in [1.807, 2.05) is 0 Å². The molecule has 2 atom stereocenters. The van der Waals surface area contributed by atoms with Crippen LogP contribution in [0.1, 0.15) is 117 Å². The van der Waals surface area contributed by atoms with Crippen LogP contribution < -0.4 is 5.32 Å². The number of nitrogens with zero attached hydrogens (tertiary/aromatic N) is 1. The first-order valence-electron chi connectivity index (χ1n) is 12.9. The predicted molar refractivity (Wildman–Crippen MR) is 126 cm³/mol. The molecule has 0 saturated carbocycles. The molecule has 1 heterocycles. The van der Waals surface area contributed by atoms with E-state index < -0.39 is 5.97 Å². The van der Waals surface area contributed by atoms with Gasteiger partial charge in [0.2, 0.25) is 0 Å². The van der Waals surface area contributed by atoms with Crippen LogP contribution in [0.5, 0.6) is 0 Å². The maximum Gasteiger partial charge on any atom is 0.407 e. The van der Waals surface area contributed by atoms with E-state index in [1.54, 1.807) is 0 Å². The Morgan fingerprint density at radius 1 is 0.871 bits per heavy atom. The first-order valence-corrected chi connectivity index (χ1v) is 12.9. The van der Waals surface area contributed by atoms with Gasteiger partial charge in [-0.3, -0.25) is 9.69 Å². The van der Waals surface area contributed by atoms with Crippen molar-refractivity contribution in [2.24, 2.45) is 0 Å². The molecule has 1 aliphatic rings. The van der Waals surface area contributed by atoms with Crippen LogP contribution in [-0.2, 0) is 9.53 Å². The van der Waals surface area contributed by atoms with Gasteiger partial charge in [-0.1, -0.05) is 64.7 Å². The molecule has 1 saturated heterocycles. The lowest BCUT2D eigenvalue weighted by molar-refractivity contribution is -0.137. The molecule has 6 nitrogen and oxygen atoms in total. The van der Waals surface area contributed by atoms with E-state index in [9.17, 15) is 9.59 Å². The van der Waals surface area contributed by atoms with E-state index >= 15 is 0 Å². The van der Waals surface area contributed by atoms with Crippen LogP contribution in [0, 0.1) is 0 Å². The molecule has 0 bridgehead atoms. The SMILES string of the molecule is CCCCCCC(CCCCCCCCCCC(=O)O)OC(=O)NCCC(C)N1CC1. The number of hydrogen-bond donors (Lipinski definition) is 2. The number of amides is 1. The van der Waals surface area contributed by atoms with Crippen molar-refractivity contribution in [3.63, 3.8) is 0 Å². The van der Waals surface area contributed by atoms with Crippen LogP contribution in [0.2, 0.25) is 0 Å². The normalized spacial score (nSPS) is 15.4. The summed E-state index contributed by atoms with van der Waals surface area (Å²) in [5, 5.41) is 11.6. The van der Waals surface area contributed by atoms with Crippen molar-refractivity contribution in [3.05, 3.63) is 0 Å². The van der Waals surface area contributed by atoms with Gasteiger partial charge in [0.15, 0.2) is 0 Å². The Kier molecular flexibility index (Phi) is 16.4. The molecule has 0 aliphatic carbocycles. The molecule has 0 aromatic rings. The molecule has 2 N–H and O–H groups in total. The molecule has 0 aromatic heterocycles. The number of carbonyl (C=O) groups excluding carboxylic acids is 1. The van der Waals surface area contributed by atoms with Crippen molar-refractivity contribution in [3.8, 4) is 0 Å². The van der Waals surface area contributed by atoms with Crippen molar-refractivity contribution in [2.45, 2.75) is 129 Å². The maximum absolute atomic E-state index is 12.2. The minimum Gasteiger partial charge on any atom is -0.481 e. The van der Waals surface area contributed by atoms with Crippen molar-refractivity contribution >= 4 is 12.1 Å². The van der Waals surface area contributed by atoms with E-state index in [4.69, 9.17) is 9.84 Å². The highest BCUT2D eigenvalue weighted by Gasteiger charge is 2.23. The Labute approximate surface area is 190 Å². The van der Waals surface area contributed by atoms with Gasteiger partial charge < -0.3 is 15.2 Å². The average Bonchev–Trinajstić information content (AvgIpc) is 3.57. The van der Waals surface area contributed by atoms with Gasteiger partial charge in [0.1, 0.15) is 6.10 Å². The number of carboxylic acids is 1. The third kappa shape index (κ3) is 17.0. The highest BCUT2D eigenvalue weighted by Crippen LogP contribution is 2.17. The summed E-state index contributed by atoms with van der Waals surface area (Å²) in [6.45, 7) is 7.50. The number of hydrogen-bond acceptors (Lipinski definition) is 4. The topological polar surface area (TPSA) is 78.6 Å². The molecule has 182 valence electrons. The van der Waals surface area contributed by atoms with E-state index in [1.165, 1.54) is 58.0 Å². The van der Waals surface area contributed by atoms with Crippen LogP contribution in [0.15, 0.2) is 0 Å². The molecular weight excluding hydrogens is 392 g/mol. The number of alkyl carbamates (subject to hydrolysis) is 1. The second-order valence-electron chi connectivity index (χ2n) is 9.24. The molecule has 0 aromatic carbocycles. The van der Waals surface area contributed by atoms with E-state index in [2.05, 4.69) is 24.1 Å². The Morgan fingerprint density at radius 2 is 1.42 bits per heavy atom. The Balaban J connectivity index is 2.11. The second-order valence-corrected chi connectivity index (χ2v) is 9.24. The van der Waals surface area contributed by atoms with E-state index in [0.717, 1.165) is 51.4 Å². The summed E-state index contributed by atoms with van der Waals surface area (Å²) in [5.74, 6) is -0.689. The number of rotatable bonds is 21. The molecule has 1 fully saturated rings. The summed E-state index contributed by atoms with van der Waals surface area (Å²) in [7, 11) is 0. The molecule has 2 unspecified atom stereocenters. The minimum absolute atomic E-state index is 0.0393. The van der Waals surface area contributed by atoms with Crippen LogP contribution >= 0.6 is 0 Å². The summed E-state index contributed by atoms with van der Waals surface area (Å²) >= 11 is 0. The van der Waals surface area contributed by atoms with Gasteiger partial charge in [-0.25, -0.2) is 4.79 Å². The Hall–Kier alpha value is -1.30. The van der Waals surface area contributed by atoms with Crippen LogP contribution in [0.4, 0.5) is 4.79 Å². The molecule has 1 rings (SSSR count). The number of aliphatic carboxylic acids is 1. The third-order valence-electron chi connectivity index (χ3n) is 6.26. The molecule has 0 radical (unpaired) electrons. The first kappa shape index (κ1) is 27.7. The summed E-state index contributed by atoms with van der Waals surface area (Å²) in [5.41, 5.74) is 0. The highest BCUT2D eigenvalue weighted by molar-refractivity contribution is 5.67. The van der Waals surface area contributed by atoms with Gasteiger partial charge in [0.25, 0.3) is 0 Å². The second kappa shape index (κ2) is 18.3. The zero-order chi connectivity index (χ0) is 22.7. The van der Waals surface area contributed by atoms with Crippen molar-refractivity contribution in [1.29, 1.82) is 0 Å². The van der Waals surface area contributed by atoms with Gasteiger partial charge in [-0.2, -0.15) is 0 Å². The Morgan fingerprint density at radius 3 is 1.97 bits per heavy atom. The summed E-state index contributed by atoms with van der Waals surface area (Å²) in [4.78, 5) is 25.1. The number of nitrogens with one attached hydrogen (secondary N) is 1. The number of carbonyl (C=O) groups is 2. The fourth-order valence-corrected chi connectivity index (χ4v) is 4.03. The van der Waals surface area contributed by atoms with Crippen molar-refractivity contribution < 1.29 is 19.4 Å². The molecule has 1 aliphatic heterocycles. The lowest BCUT2D eigenvalue weighted by Gasteiger charge is -2.19. The minimum atomic E-state index is -0.689. The smallest absolute Gasteiger partial charge is 0.407 e. The quantitative estimate of drug-likeness (QED) is 0.166. The monoisotopic (exact) mass is 440 g/mol. The number of ether oxygens (including phenoxy) is 1. The van der Waals surface area contributed by atoms with Crippen LogP contribution in [-0.4, -0.2) is 53.8 Å². The van der Waals surface area contributed by atoms with Gasteiger partial charge in [0.05, 0.1) is 0 Å². The Bertz CT molecular complexity index is 468. The van der Waals surface area contributed by atoms with Gasteiger partial charge in [-0.05, 0) is 45.4 Å². The maximum atomic E-state index is 12.2. The van der Waals surface area contributed by atoms with E-state index in [0.29, 0.717) is 19.0 Å². The zero-order valence-corrected chi connectivity index (χ0v) is 20.2. The lowest BCUT2D eigenvalue weighted by Crippen LogP contribution is -2.32. The van der Waals surface area contributed by atoms with Crippen LogP contribution in [0.3, 0.4) is 0 Å². The van der Waals surface area contributed by atoms with Crippen molar-refractivity contribution in [1.82, 2.24) is 10.2 Å². The van der Waals surface area contributed by atoms with Gasteiger partial charge in [-0.15, -0.1) is 0 Å². The fraction of sp³-hybridized carbons (Fsp3) is 0.920. The molecular formula is C25H48N2O4. The highest BCUT2D eigenvalue weighted by atomic mass is 16.6. The third-order valence-corrected chi connectivity index (χ3v) is 6.26. The molecule has 1 amide bonds. The summed E-state index contributed by atoms with van der Waals surface area (Å²) in [6.07, 6.45) is 16.7. The first-order chi connectivity index (χ1) is 15.0. The van der Waals surface area contributed by atoms with Crippen LogP contribution in [0.25, 0.3) is 0 Å².